The topological polar surface area (TPSA) is 68.3 Å². The van der Waals surface area contributed by atoms with E-state index in [-0.39, 0.29) is 12.5 Å². The number of rotatable bonds is 2. The number of hydrogen-bond donors (Lipinski definition) is 2. The highest BCUT2D eigenvalue weighted by Gasteiger charge is 2.09. The van der Waals surface area contributed by atoms with Crippen LogP contribution in [0.5, 0.6) is 0 Å². The van der Waals surface area contributed by atoms with Gasteiger partial charge < -0.3 is 15.5 Å². The van der Waals surface area contributed by atoms with Gasteiger partial charge in [-0.15, -0.1) is 0 Å². The second-order valence-corrected chi connectivity index (χ2v) is 4.10. The summed E-state index contributed by atoms with van der Waals surface area (Å²) >= 11 is 5.91. The van der Waals surface area contributed by atoms with Crippen LogP contribution < -0.4 is 11.1 Å². The molecule has 0 radical (unpaired) electrons. The largest absolute Gasteiger partial charge is 0.472 e. The van der Waals surface area contributed by atoms with Crippen LogP contribution in [-0.4, -0.2) is 12.5 Å². The third kappa shape index (κ3) is 3.38. The smallest absolute Gasteiger partial charge is 0.258 e. The van der Waals surface area contributed by atoms with Crippen molar-refractivity contribution >= 4 is 23.2 Å². The normalized spacial score (nSPS) is 9.58. The first-order valence-corrected chi connectivity index (χ1v) is 5.90. The van der Waals surface area contributed by atoms with Crippen LogP contribution in [0.3, 0.4) is 0 Å². The van der Waals surface area contributed by atoms with Gasteiger partial charge in [-0.05, 0) is 24.3 Å². The Hall–Kier alpha value is -2.22. The number of furan rings is 1. The van der Waals surface area contributed by atoms with Crippen molar-refractivity contribution in [2.24, 2.45) is 5.73 Å². The van der Waals surface area contributed by atoms with Crippen molar-refractivity contribution in [1.29, 1.82) is 0 Å². The number of halogens is 1. The molecule has 0 spiro atoms. The number of amides is 1. The van der Waals surface area contributed by atoms with Crippen molar-refractivity contribution in [3.8, 4) is 11.8 Å². The number of anilines is 1. The maximum Gasteiger partial charge on any atom is 0.258 e. The fraction of sp³-hybridized carbons (Fsp3) is 0.0714. The molecule has 96 valence electrons. The molecule has 0 unspecified atom stereocenters. The zero-order chi connectivity index (χ0) is 13.7. The molecular weight excluding hydrogens is 264 g/mol. The van der Waals surface area contributed by atoms with Gasteiger partial charge in [0, 0.05) is 10.6 Å². The number of carbonyl (C=O) groups is 1. The van der Waals surface area contributed by atoms with E-state index in [4.69, 9.17) is 21.8 Å². The monoisotopic (exact) mass is 274 g/mol. The molecule has 1 aromatic heterocycles. The Morgan fingerprint density at radius 1 is 1.42 bits per heavy atom. The van der Waals surface area contributed by atoms with Crippen LogP contribution in [0.1, 0.15) is 15.9 Å². The van der Waals surface area contributed by atoms with E-state index >= 15 is 0 Å². The molecule has 0 aliphatic heterocycles. The van der Waals surface area contributed by atoms with Crippen LogP contribution in [0, 0.1) is 11.8 Å². The number of benzene rings is 1. The molecule has 19 heavy (non-hydrogen) atoms. The molecule has 0 saturated heterocycles. The molecule has 3 N–H and O–H groups in total. The number of carbonyl (C=O) groups excluding carboxylic acids is 1. The molecule has 2 rings (SSSR count). The Morgan fingerprint density at radius 3 is 2.95 bits per heavy atom. The molecule has 1 amide bonds. The summed E-state index contributed by atoms with van der Waals surface area (Å²) in [6.07, 6.45) is 2.81. The number of nitrogens with two attached hydrogens (primary N) is 1. The van der Waals surface area contributed by atoms with E-state index in [2.05, 4.69) is 17.2 Å². The van der Waals surface area contributed by atoms with E-state index in [0.717, 1.165) is 0 Å². The van der Waals surface area contributed by atoms with Gasteiger partial charge in [0.25, 0.3) is 5.91 Å². The average Bonchev–Trinajstić information content (AvgIpc) is 2.93. The number of hydrogen-bond acceptors (Lipinski definition) is 3. The van der Waals surface area contributed by atoms with Crippen molar-refractivity contribution in [3.63, 3.8) is 0 Å². The van der Waals surface area contributed by atoms with Crippen LogP contribution in [0.4, 0.5) is 5.69 Å². The average molecular weight is 275 g/mol. The lowest BCUT2D eigenvalue weighted by atomic mass is 10.1. The summed E-state index contributed by atoms with van der Waals surface area (Å²) in [6, 6.07) is 6.63. The first kappa shape index (κ1) is 13.2. The zero-order valence-electron chi connectivity index (χ0n) is 9.94. The fourth-order valence-corrected chi connectivity index (χ4v) is 1.64. The summed E-state index contributed by atoms with van der Waals surface area (Å²) in [6.45, 7) is 0.238. The van der Waals surface area contributed by atoms with E-state index in [1.807, 2.05) is 0 Å². The molecule has 5 heteroatoms. The first-order valence-electron chi connectivity index (χ1n) is 5.53. The van der Waals surface area contributed by atoms with Crippen LogP contribution in [0.25, 0.3) is 0 Å². The molecule has 0 saturated carbocycles. The van der Waals surface area contributed by atoms with Crippen molar-refractivity contribution < 1.29 is 9.21 Å². The van der Waals surface area contributed by atoms with Gasteiger partial charge in [0.05, 0.1) is 24.1 Å². The third-order valence-corrected chi connectivity index (χ3v) is 2.57. The van der Waals surface area contributed by atoms with Crippen LogP contribution >= 0.6 is 11.6 Å². The van der Waals surface area contributed by atoms with Gasteiger partial charge in [0.15, 0.2) is 0 Å². The maximum atomic E-state index is 11.9. The number of nitrogens with one attached hydrogen (secondary N) is 1. The second kappa shape index (κ2) is 6.10. The standard InChI is InChI=1S/C14H11ClN2O2/c15-12-3-4-13(10(8-12)2-1-6-16)17-14(18)11-5-7-19-9-11/h3-5,7-9H,6,16H2,(H,17,18). The van der Waals surface area contributed by atoms with Crippen LogP contribution in [0.15, 0.2) is 41.2 Å². The molecule has 0 atom stereocenters. The summed E-state index contributed by atoms with van der Waals surface area (Å²) in [5, 5.41) is 3.29. The SMILES string of the molecule is NCC#Cc1cc(Cl)ccc1NC(=O)c1ccoc1. The minimum absolute atomic E-state index is 0.238. The minimum Gasteiger partial charge on any atom is -0.472 e. The van der Waals surface area contributed by atoms with Gasteiger partial charge in [0.1, 0.15) is 6.26 Å². The molecule has 0 bridgehead atoms. The van der Waals surface area contributed by atoms with Gasteiger partial charge >= 0.3 is 0 Å². The highest BCUT2D eigenvalue weighted by molar-refractivity contribution is 6.30. The van der Waals surface area contributed by atoms with Gasteiger partial charge in [-0.25, -0.2) is 0 Å². The molecule has 0 aliphatic carbocycles. The molecule has 1 heterocycles. The highest BCUT2D eigenvalue weighted by Crippen LogP contribution is 2.20. The van der Waals surface area contributed by atoms with Crippen molar-refractivity contribution in [3.05, 3.63) is 52.9 Å². The summed E-state index contributed by atoms with van der Waals surface area (Å²) in [7, 11) is 0. The Morgan fingerprint density at radius 2 is 2.26 bits per heavy atom. The highest BCUT2D eigenvalue weighted by atomic mass is 35.5. The van der Waals surface area contributed by atoms with E-state index in [9.17, 15) is 4.79 Å². The van der Waals surface area contributed by atoms with E-state index in [1.165, 1.54) is 12.5 Å². The summed E-state index contributed by atoms with van der Waals surface area (Å²) in [5.41, 5.74) is 6.97. The van der Waals surface area contributed by atoms with Gasteiger partial charge in [-0.3, -0.25) is 4.79 Å². The van der Waals surface area contributed by atoms with Gasteiger partial charge in [-0.2, -0.15) is 0 Å². The van der Waals surface area contributed by atoms with Gasteiger partial charge in [0.2, 0.25) is 0 Å². The van der Waals surface area contributed by atoms with E-state index < -0.39 is 0 Å². The van der Waals surface area contributed by atoms with Crippen molar-refractivity contribution in [1.82, 2.24) is 0 Å². The molecule has 4 nitrogen and oxygen atoms in total. The Bertz CT molecular complexity index is 639. The Balaban J connectivity index is 2.27. The van der Waals surface area contributed by atoms with Crippen molar-refractivity contribution in [2.45, 2.75) is 0 Å². The Kier molecular flexibility index (Phi) is 4.24. The predicted molar refractivity (Wildman–Crippen MR) is 74.0 cm³/mol. The van der Waals surface area contributed by atoms with Gasteiger partial charge in [-0.1, -0.05) is 23.4 Å². The molecule has 1 aromatic carbocycles. The summed E-state index contributed by atoms with van der Waals surface area (Å²) in [5.74, 6) is 5.32. The lowest BCUT2D eigenvalue weighted by molar-refractivity contribution is 0.102. The predicted octanol–water partition coefficient (Wildman–Crippen LogP) is 2.50. The molecule has 0 fully saturated rings. The lowest BCUT2D eigenvalue weighted by Crippen LogP contribution is -2.11. The first-order chi connectivity index (χ1) is 9.20. The van der Waals surface area contributed by atoms with Crippen molar-refractivity contribution in [2.75, 3.05) is 11.9 Å². The van der Waals surface area contributed by atoms with Crippen LogP contribution in [-0.2, 0) is 0 Å². The lowest BCUT2D eigenvalue weighted by Gasteiger charge is -2.06. The molecule has 0 aliphatic rings. The Labute approximate surface area is 115 Å². The van der Waals surface area contributed by atoms with E-state index in [1.54, 1.807) is 24.3 Å². The minimum atomic E-state index is -0.271. The van der Waals surface area contributed by atoms with E-state index in [0.29, 0.717) is 21.8 Å². The fourth-order valence-electron chi connectivity index (χ4n) is 1.46. The zero-order valence-corrected chi connectivity index (χ0v) is 10.7. The maximum absolute atomic E-state index is 11.9. The van der Waals surface area contributed by atoms with Crippen LogP contribution in [0.2, 0.25) is 5.02 Å². The summed E-state index contributed by atoms with van der Waals surface area (Å²) in [4.78, 5) is 11.9. The third-order valence-electron chi connectivity index (χ3n) is 2.34. The second-order valence-electron chi connectivity index (χ2n) is 3.66. The molecule has 2 aromatic rings. The molecular formula is C14H11ClN2O2. The summed E-state index contributed by atoms with van der Waals surface area (Å²) < 4.78 is 4.86. The quantitative estimate of drug-likeness (QED) is 0.827.